The van der Waals surface area contributed by atoms with Gasteiger partial charge in [0.1, 0.15) is 5.82 Å². The van der Waals surface area contributed by atoms with Crippen molar-refractivity contribution in [1.82, 2.24) is 9.78 Å². The third-order valence-electron chi connectivity index (χ3n) is 2.47. The summed E-state index contributed by atoms with van der Waals surface area (Å²) in [5.41, 5.74) is -0.678. The molecule has 0 amide bonds. The number of carboxylic acid groups (broad SMARTS) is 1. The molecule has 0 bridgehead atoms. The van der Waals surface area contributed by atoms with Crippen LogP contribution in [0, 0.1) is 5.82 Å². The Morgan fingerprint density at radius 3 is 2.60 bits per heavy atom. The molecule has 0 aliphatic carbocycles. The van der Waals surface area contributed by atoms with Crippen LogP contribution in [-0.4, -0.2) is 27.5 Å². The number of benzene rings is 1. The molecular formula is C13H11FN2O4. The van der Waals surface area contributed by atoms with E-state index in [-0.39, 0.29) is 23.7 Å². The van der Waals surface area contributed by atoms with Crippen molar-refractivity contribution in [3.05, 3.63) is 52.2 Å². The van der Waals surface area contributed by atoms with Crippen LogP contribution in [0.3, 0.4) is 0 Å². The van der Waals surface area contributed by atoms with E-state index in [0.717, 1.165) is 22.9 Å². The van der Waals surface area contributed by atoms with Crippen molar-refractivity contribution < 1.29 is 19.0 Å². The van der Waals surface area contributed by atoms with Gasteiger partial charge in [0.05, 0.1) is 18.4 Å². The monoisotopic (exact) mass is 278 g/mol. The maximum atomic E-state index is 12.9. The standard InChI is InChI=1S/C13H11FN2O4/c1-2-20-10-7-11(17)16(15-12(10)13(18)19)9-5-3-8(14)4-6-9/h3-7H,2H2,1H3,(H,18,19). The Labute approximate surface area is 113 Å². The molecule has 0 radical (unpaired) electrons. The summed E-state index contributed by atoms with van der Waals surface area (Å²) in [6, 6.07) is 6.01. The molecule has 20 heavy (non-hydrogen) atoms. The van der Waals surface area contributed by atoms with E-state index >= 15 is 0 Å². The van der Waals surface area contributed by atoms with E-state index in [1.165, 1.54) is 12.1 Å². The number of ether oxygens (including phenoxy) is 1. The molecule has 0 unspecified atom stereocenters. The van der Waals surface area contributed by atoms with Gasteiger partial charge in [0.15, 0.2) is 5.75 Å². The molecule has 6 nitrogen and oxygen atoms in total. The van der Waals surface area contributed by atoms with E-state index in [1.807, 2.05) is 0 Å². The first-order valence-electron chi connectivity index (χ1n) is 5.79. The minimum atomic E-state index is -1.32. The van der Waals surface area contributed by atoms with Gasteiger partial charge in [0.2, 0.25) is 5.69 Å². The minimum Gasteiger partial charge on any atom is -0.491 e. The summed E-state index contributed by atoms with van der Waals surface area (Å²) in [7, 11) is 0. The van der Waals surface area contributed by atoms with E-state index in [0.29, 0.717) is 0 Å². The predicted molar refractivity (Wildman–Crippen MR) is 67.9 cm³/mol. The highest BCUT2D eigenvalue weighted by Gasteiger charge is 2.17. The van der Waals surface area contributed by atoms with E-state index in [9.17, 15) is 14.0 Å². The van der Waals surface area contributed by atoms with E-state index in [2.05, 4.69) is 5.10 Å². The fourth-order valence-electron chi connectivity index (χ4n) is 1.62. The molecule has 0 atom stereocenters. The van der Waals surface area contributed by atoms with Crippen LogP contribution < -0.4 is 10.3 Å². The van der Waals surface area contributed by atoms with Crippen molar-refractivity contribution in [2.45, 2.75) is 6.92 Å². The molecule has 2 aromatic rings. The average Bonchev–Trinajstić information content (AvgIpc) is 2.40. The summed E-state index contributed by atoms with van der Waals surface area (Å²) in [4.78, 5) is 23.0. The summed E-state index contributed by atoms with van der Waals surface area (Å²) in [6.07, 6.45) is 0. The summed E-state index contributed by atoms with van der Waals surface area (Å²) in [5.74, 6) is -1.88. The fraction of sp³-hybridized carbons (Fsp3) is 0.154. The van der Waals surface area contributed by atoms with Crippen LogP contribution in [0.25, 0.3) is 5.69 Å². The smallest absolute Gasteiger partial charge is 0.360 e. The lowest BCUT2D eigenvalue weighted by Crippen LogP contribution is -2.24. The van der Waals surface area contributed by atoms with Crippen molar-refractivity contribution >= 4 is 5.97 Å². The second kappa shape index (κ2) is 5.52. The minimum absolute atomic E-state index is 0.0941. The summed E-state index contributed by atoms with van der Waals surface area (Å²) in [5, 5.41) is 12.8. The maximum Gasteiger partial charge on any atom is 0.360 e. The topological polar surface area (TPSA) is 81.4 Å². The van der Waals surface area contributed by atoms with Gasteiger partial charge in [-0.25, -0.2) is 9.18 Å². The average molecular weight is 278 g/mol. The molecule has 1 aromatic carbocycles. The lowest BCUT2D eigenvalue weighted by Gasteiger charge is -2.09. The molecule has 0 fully saturated rings. The molecule has 1 aromatic heterocycles. The SMILES string of the molecule is CCOc1cc(=O)n(-c2ccc(F)cc2)nc1C(=O)O. The van der Waals surface area contributed by atoms with Gasteiger partial charge in [-0.15, -0.1) is 0 Å². The summed E-state index contributed by atoms with van der Waals surface area (Å²) in [6.45, 7) is 1.87. The maximum absolute atomic E-state index is 12.9. The van der Waals surface area contributed by atoms with Crippen LogP contribution in [0.1, 0.15) is 17.4 Å². The fourth-order valence-corrected chi connectivity index (χ4v) is 1.62. The normalized spacial score (nSPS) is 10.3. The van der Waals surface area contributed by atoms with Crippen LogP contribution >= 0.6 is 0 Å². The number of nitrogens with zero attached hydrogens (tertiary/aromatic N) is 2. The van der Waals surface area contributed by atoms with Crippen molar-refractivity contribution in [2.24, 2.45) is 0 Å². The first-order valence-corrected chi connectivity index (χ1v) is 5.79. The molecular weight excluding hydrogens is 267 g/mol. The first-order chi connectivity index (χ1) is 9.52. The molecule has 104 valence electrons. The van der Waals surface area contributed by atoms with Gasteiger partial charge < -0.3 is 9.84 Å². The molecule has 2 rings (SSSR count). The Hall–Kier alpha value is -2.70. The van der Waals surface area contributed by atoms with Gasteiger partial charge in [0.25, 0.3) is 5.56 Å². The number of hydrogen-bond donors (Lipinski definition) is 1. The number of aromatic carboxylic acids is 1. The van der Waals surface area contributed by atoms with Crippen molar-refractivity contribution in [3.8, 4) is 11.4 Å². The Bertz CT molecular complexity index is 695. The van der Waals surface area contributed by atoms with Crippen LogP contribution in [0.2, 0.25) is 0 Å². The molecule has 0 saturated carbocycles. The van der Waals surface area contributed by atoms with Crippen LogP contribution in [-0.2, 0) is 0 Å². The number of rotatable bonds is 4. The van der Waals surface area contributed by atoms with Gasteiger partial charge in [0, 0.05) is 0 Å². The van der Waals surface area contributed by atoms with Crippen molar-refractivity contribution in [2.75, 3.05) is 6.61 Å². The number of carbonyl (C=O) groups is 1. The zero-order chi connectivity index (χ0) is 14.7. The summed E-state index contributed by atoms with van der Waals surface area (Å²) >= 11 is 0. The van der Waals surface area contributed by atoms with Crippen molar-refractivity contribution in [3.63, 3.8) is 0 Å². The molecule has 0 saturated heterocycles. The predicted octanol–water partition coefficient (Wildman–Crippen LogP) is 1.47. The number of halogens is 1. The van der Waals surface area contributed by atoms with E-state index < -0.39 is 17.3 Å². The van der Waals surface area contributed by atoms with E-state index in [4.69, 9.17) is 9.84 Å². The third-order valence-corrected chi connectivity index (χ3v) is 2.47. The van der Waals surface area contributed by atoms with Crippen LogP contribution in [0.15, 0.2) is 35.1 Å². The van der Waals surface area contributed by atoms with Crippen LogP contribution in [0.4, 0.5) is 4.39 Å². The Morgan fingerprint density at radius 1 is 1.40 bits per heavy atom. The van der Waals surface area contributed by atoms with Gasteiger partial charge in [-0.2, -0.15) is 9.78 Å². The highest BCUT2D eigenvalue weighted by atomic mass is 19.1. The second-order valence-corrected chi connectivity index (χ2v) is 3.82. The molecule has 1 heterocycles. The van der Waals surface area contributed by atoms with E-state index in [1.54, 1.807) is 6.92 Å². The molecule has 0 aliphatic heterocycles. The molecule has 0 spiro atoms. The van der Waals surface area contributed by atoms with Gasteiger partial charge in [-0.1, -0.05) is 0 Å². The molecule has 7 heteroatoms. The largest absolute Gasteiger partial charge is 0.491 e. The van der Waals surface area contributed by atoms with Gasteiger partial charge in [-0.05, 0) is 31.2 Å². The zero-order valence-corrected chi connectivity index (χ0v) is 10.5. The van der Waals surface area contributed by atoms with Gasteiger partial charge in [-0.3, -0.25) is 4.79 Å². The Kier molecular flexibility index (Phi) is 3.79. The summed E-state index contributed by atoms with van der Waals surface area (Å²) < 4.78 is 18.8. The first kappa shape index (κ1) is 13.7. The zero-order valence-electron chi connectivity index (χ0n) is 10.5. The lowest BCUT2D eigenvalue weighted by atomic mass is 10.3. The lowest BCUT2D eigenvalue weighted by molar-refractivity contribution is 0.0683. The van der Waals surface area contributed by atoms with Gasteiger partial charge >= 0.3 is 5.97 Å². The molecule has 0 aliphatic rings. The highest BCUT2D eigenvalue weighted by molar-refractivity contribution is 5.88. The quantitative estimate of drug-likeness (QED) is 0.915. The second-order valence-electron chi connectivity index (χ2n) is 3.82. The third kappa shape index (κ3) is 2.66. The number of carboxylic acids is 1. The Morgan fingerprint density at radius 2 is 2.05 bits per heavy atom. The highest BCUT2D eigenvalue weighted by Crippen LogP contribution is 2.15. The molecule has 1 N–H and O–H groups in total. The Balaban J connectivity index is 2.60. The number of hydrogen-bond acceptors (Lipinski definition) is 4. The van der Waals surface area contributed by atoms with Crippen LogP contribution in [0.5, 0.6) is 5.75 Å². The number of aromatic nitrogens is 2. The van der Waals surface area contributed by atoms with Crippen molar-refractivity contribution in [1.29, 1.82) is 0 Å².